The molecule has 0 radical (unpaired) electrons. The number of ether oxygens (including phenoxy) is 2. The van der Waals surface area contributed by atoms with Crippen LogP contribution in [0.15, 0.2) is 18.2 Å². The van der Waals surface area contributed by atoms with E-state index < -0.39 is 0 Å². The molecule has 0 aliphatic carbocycles. The number of carbonyl (C=O) groups is 2. The van der Waals surface area contributed by atoms with E-state index in [9.17, 15) is 9.59 Å². The molecule has 0 atom stereocenters. The number of benzene rings is 1. The normalized spacial score (nSPS) is 10.2. The molecule has 0 saturated heterocycles. The van der Waals surface area contributed by atoms with Crippen LogP contribution in [0.25, 0.3) is 0 Å². The molecule has 1 aromatic rings. The van der Waals surface area contributed by atoms with E-state index in [1.807, 2.05) is 20.8 Å². The molecule has 0 amide bonds. The number of hydrogen-bond donors (Lipinski definition) is 0. The summed E-state index contributed by atoms with van der Waals surface area (Å²) in [5, 5.41) is 0. The third-order valence-corrected chi connectivity index (χ3v) is 2.75. The van der Waals surface area contributed by atoms with E-state index >= 15 is 0 Å². The Labute approximate surface area is 120 Å². The molecule has 4 nitrogen and oxygen atoms in total. The quantitative estimate of drug-likeness (QED) is 0.513. The van der Waals surface area contributed by atoms with E-state index in [0.717, 1.165) is 6.42 Å². The van der Waals surface area contributed by atoms with Gasteiger partial charge in [0, 0.05) is 6.42 Å². The monoisotopic (exact) mass is 278 g/mol. The standard InChI is InChI=1S/C16H22O4/c1-4-8-12(17)11-13(18)16-14(19-5-2)9-7-10-15(16)20-6-3/h7,9-10H,4-6,8,11H2,1-3H3. The van der Waals surface area contributed by atoms with Crippen LogP contribution in [0.3, 0.4) is 0 Å². The molecule has 4 heteroatoms. The second-order valence-electron chi connectivity index (χ2n) is 4.38. The molecule has 0 aliphatic rings. The molecule has 0 bridgehead atoms. The van der Waals surface area contributed by atoms with Gasteiger partial charge < -0.3 is 9.47 Å². The summed E-state index contributed by atoms with van der Waals surface area (Å²) in [5.74, 6) is 0.669. The Balaban J connectivity index is 3.04. The van der Waals surface area contributed by atoms with Crippen LogP contribution in [-0.2, 0) is 4.79 Å². The van der Waals surface area contributed by atoms with Crippen molar-refractivity contribution in [2.24, 2.45) is 0 Å². The van der Waals surface area contributed by atoms with Gasteiger partial charge in [0.2, 0.25) is 0 Å². The van der Waals surface area contributed by atoms with Crippen LogP contribution in [-0.4, -0.2) is 24.8 Å². The zero-order valence-corrected chi connectivity index (χ0v) is 12.4. The fourth-order valence-electron chi connectivity index (χ4n) is 1.97. The van der Waals surface area contributed by atoms with Crippen molar-refractivity contribution in [2.45, 2.75) is 40.0 Å². The third kappa shape index (κ3) is 4.37. The Morgan fingerprint density at radius 1 is 1.00 bits per heavy atom. The van der Waals surface area contributed by atoms with E-state index in [-0.39, 0.29) is 18.0 Å². The number of Topliss-reactive ketones (excluding diaryl/α,β-unsaturated/α-hetero) is 2. The van der Waals surface area contributed by atoms with Gasteiger partial charge in [-0.2, -0.15) is 0 Å². The fraction of sp³-hybridized carbons (Fsp3) is 0.500. The Kier molecular flexibility index (Phi) is 6.77. The van der Waals surface area contributed by atoms with E-state index in [1.54, 1.807) is 18.2 Å². The van der Waals surface area contributed by atoms with Crippen molar-refractivity contribution in [1.29, 1.82) is 0 Å². The van der Waals surface area contributed by atoms with Crippen LogP contribution < -0.4 is 9.47 Å². The first kappa shape index (κ1) is 16.2. The molecule has 0 N–H and O–H groups in total. The lowest BCUT2D eigenvalue weighted by atomic mass is 10.0. The highest BCUT2D eigenvalue weighted by atomic mass is 16.5. The van der Waals surface area contributed by atoms with Crippen molar-refractivity contribution >= 4 is 11.6 Å². The molecule has 0 fully saturated rings. The zero-order valence-electron chi connectivity index (χ0n) is 12.4. The summed E-state index contributed by atoms with van der Waals surface area (Å²) in [6.07, 6.45) is 1.07. The van der Waals surface area contributed by atoms with Crippen molar-refractivity contribution in [3.8, 4) is 11.5 Å². The number of hydrogen-bond acceptors (Lipinski definition) is 4. The molecule has 1 aromatic carbocycles. The summed E-state index contributed by atoms with van der Waals surface area (Å²) in [5.41, 5.74) is 0.376. The van der Waals surface area contributed by atoms with E-state index in [1.165, 1.54) is 0 Å². The van der Waals surface area contributed by atoms with E-state index in [2.05, 4.69) is 0 Å². The number of carbonyl (C=O) groups excluding carboxylic acids is 2. The average molecular weight is 278 g/mol. The maximum absolute atomic E-state index is 12.3. The summed E-state index contributed by atoms with van der Waals surface area (Å²) < 4.78 is 10.9. The first-order chi connectivity index (χ1) is 9.63. The maximum atomic E-state index is 12.3. The molecule has 0 spiro atoms. The molecule has 20 heavy (non-hydrogen) atoms. The molecule has 0 unspecified atom stereocenters. The molecule has 0 heterocycles. The van der Waals surface area contributed by atoms with E-state index in [0.29, 0.717) is 36.7 Å². The topological polar surface area (TPSA) is 52.6 Å². The van der Waals surface area contributed by atoms with Crippen molar-refractivity contribution in [3.05, 3.63) is 23.8 Å². The second-order valence-corrected chi connectivity index (χ2v) is 4.38. The van der Waals surface area contributed by atoms with Gasteiger partial charge in [-0.05, 0) is 32.4 Å². The molecular formula is C16H22O4. The van der Waals surface area contributed by atoms with Crippen LogP contribution in [0.1, 0.15) is 50.4 Å². The molecule has 1 rings (SSSR count). The highest BCUT2D eigenvalue weighted by molar-refractivity contribution is 6.10. The lowest BCUT2D eigenvalue weighted by molar-refractivity contribution is -0.118. The van der Waals surface area contributed by atoms with Gasteiger partial charge in [0.15, 0.2) is 5.78 Å². The summed E-state index contributed by atoms with van der Waals surface area (Å²) in [6, 6.07) is 5.23. The van der Waals surface area contributed by atoms with Crippen LogP contribution >= 0.6 is 0 Å². The maximum Gasteiger partial charge on any atom is 0.177 e. The van der Waals surface area contributed by atoms with Crippen LogP contribution in [0.4, 0.5) is 0 Å². The van der Waals surface area contributed by atoms with Crippen molar-refractivity contribution in [1.82, 2.24) is 0 Å². The minimum Gasteiger partial charge on any atom is -0.493 e. The van der Waals surface area contributed by atoms with Gasteiger partial charge in [0.1, 0.15) is 22.8 Å². The van der Waals surface area contributed by atoms with Crippen LogP contribution in [0.5, 0.6) is 11.5 Å². The Bertz CT molecular complexity index is 441. The highest BCUT2D eigenvalue weighted by Gasteiger charge is 2.20. The number of rotatable bonds is 9. The minimum atomic E-state index is -0.240. The minimum absolute atomic E-state index is 0.0498. The SMILES string of the molecule is CCCC(=O)CC(=O)c1c(OCC)cccc1OCC. The first-order valence-corrected chi connectivity index (χ1v) is 7.07. The van der Waals surface area contributed by atoms with Gasteiger partial charge in [0.05, 0.1) is 19.6 Å². The van der Waals surface area contributed by atoms with Gasteiger partial charge in [0.25, 0.3) is 0 Å². The predicted octanol–water partition coefficient (Wildman–Crippen LogP) is 3.43. The second kappa shape index (κ2) is 8.35. The summed E-state index contributed by atoms with van der Waals surface area (Å²) in [7, 11) is 0. The van der Waals surface area contributed by atoms with Crippen molar-refractivity contribution in [2.75, 3.05) is 13.2 Å². The smallest absolute Gasteiger partial charge is 0.177 e. The van der Waals surface area contributed by atoms with Crippen LogP contribution in [0.2, 0.25) is 0 Å². The van der Waals surface area contributed by atoms with Gasteiger partial charge in [-0.3, -0.25) is 9.59 Å². The zero-order chi connectivity index (χ0) is 15.0. The summed E-state index contributed by atoms with van der Waals surface area (Å²) in [6.45, 7) is 6.54. The largest absolute Gasteiger partial charge is 0.493 e. The Hall–Kier alpha value is -1.84. The average Bonchev–Trinajstić information content (AvgIpc) is 2.39. The predicted molar refractivity (Wildman–Crippen MR) is 77.6 cm³/mol. The number of ketones is 2. The van der Waals surface area contributed by atoms with Crippen molar-refractivity contribution < 1.29 is 19.1 Å². The molecule has 0 aromatic heterocycles. The molecule has 110 valence electrons. The third-order valence-electron chi connectivity index (χ3n) is 2.75. The fourth-order valence-corrected chi connectivity index (χ4v) is 1.97. The lowest BCUT2D eigenvalue weighted by Crippen LogP contribution is -2.12. The Morgan fingerprint density at radius 2 is 1.55 bits per heavy atom. The van der Waals surface area contributed by atoms with E-state index in [4.69, 9.17) is 9.47 Å². The first-order valence-electron chi connectivity index (χ1n) is 7.07. The highest BCUT2D eigenvalue weighted by Crippen LogP contribution is 2.30. The van der Waals surface area contributed by atoms with Gasteiger partial charge in [-0.1, -0.05) is 13.0 Å². The molecule has 0 saturated carbocycles. The van der Waals surface area contributed by atoms with Crippen LogP contribution in [0, 0.1) is 0 Å². The Morgan fingerprint density at radius 3 is 2.00 bits per heavy atom. The van der Waals surface area contributed by atoms with Gasteiger partial charge >= 0.3 is 0 Å². The van der Waals surface area contributed by atoms with Gasteiger partial charge in [-0.25, -0.2) is 0 Å². The lowest BCUT2D eigenvalue weighted by Gasteiger charge is -2.14. The summed E-state index contributed by atoms with van der Waals surface area (Å²) in [4.78, 5) is 24.0. The molecule has 0 aliphatic heterocycles. The summed E-state index contributed by atoms with van der Waals surface area (Å²) >= 11 is 0. The molecular weight excluding hydrogens is 256 g/mol. The van der Waals surface area contributed by atoms with Gasteiger partial charge in [-0.15, -0.1) is 0 Å². The van der Waals surface area contributed by atoms with Crippen molar-refractivity contribution in [3.63, 3.8) is 0 Å².